The molecule has 0 saturated heterocycles. The molecule has 0 N–H and O–H groups in total. The molecule has 7 heteroatoms. The molecule has 1 fully saturated rings. The molecular formula is C24H26ClF2N3O. The lowest BCUT2D eigenvalue weighted by Crippen LogP contribution is -2.35. The molecule has 0 radical (unpaired) electrons. The predicted octanol–water partition coefficient (Wildman–Crippen LogP) is 6.38. The molecule has 2 aromatic carbocycles. The summed E-state index contributed by atoms with van der Waals surface area (Å²) in [6.07, 6.45) is 4.41. The van der Waals surface area contributed by atoms with Gasteiger partial charge in [0.25, 0.3) is 5.91 Å². The molecule has 164 valence electrons. The number of hydrogen-bond acceptors (Lipinski definition) is 2. The van der Waals surface area contributed by atoms with Crippen molar-refractivity contribution in [3.05, 3.63) is 64.4 Å². The van der Waals surface area contributed by atoms with Gasteiger partial charge in [0.05, 0.1) is 23.1 Å². The summed E-state index contributed by atoms with van der Waals surface area (Å²) in [7, 11) is 0. The summed E-state index contributed by atoms with van der Waals surface area (Å²) in [5, 5.41) is 0.640. The van der Waals surface area contributed by atoms with Crippen LogP contribution in [0.2, 0.25) is 5.02 Å². The smallest absolute Gasteiger partial charge is 0.257 e. The predicted molar refractivity (Wildman–Crippen MR) is 118 cm³/mol. The maximum atomic E-state index is 14.4. The summed E-state index contributed by atoms with van der Waals surface area (Å²) in [4.78, 5) is 19.6. The molecule has 0 aliphatic heterocycles. The van der Waals surface area contributed by atoms with E-state index >= 15 is 0 Å². The zero-order chi connectivity index (χ0) is 22.1. The van der Waals surface area contributed by atoms with Gasteiger partial charge in [-0.25, -0.2) is 13.8 Å². The summed E-state index contributed by atoms with van der Waals surface area (Å²) < 4.78 is 29.9. The highest BCUT2D eigenvalue weighted by Crippen LogP contribution is 2.35. The average molecular weight is 446 g/mol. The largest absolute Gasteiger partial charge is 0.331 e. The Morgan fingerprint density at radius 1 is 1.19 bits per heavy atom. The molecule has 1 heterocycles. The molecule has 0 unspecified atom stereocenters. The summed E-state index contributed by atoms with van der Waals surface area (Å²) in [6, 6.07) is 8.98. The molecule has 3 aromatic rings. The lowest BCUT2D eigenvalue weighted by molar-refractivity contribution is 0.0710. The van der Waals surface area contributed by atoms with Crippen molar-refractivity contribution in [2.75, 3.05) is 6.54 Å². The molecule has 31 heavy (non-hydrogen) atoms. The first-order chi connectivity index (χ1) is 14.8. The number of nitrogens with zero attached hydrogens (tertiary/aromatic N) is 3. The normalized spacial score (nSPS) is 14.6. The zero-order valence-electron chi connectivity index (χ0n) is 17.7. The van der Waals surface area contributed by atoms with E-state index in [9.17, 15) is 13.6 Å². The van der Waals surface area contributed by atoms with Crippen LogP contribution in [-0.2, 0) is 6.54 Å². The van der Waals surface area contributed by atoms with Crippen LogP contribution >= 0.6 is 11.6 Å². The highest BCUT2D eigenvalue weighted by molar-refractivity contribution is 6.31. The van der Waals surface area contributed by atoms with Crippen molar-refractivity contribution in [3.8, 4) is 0 Å². The fraction of sp³-hybridized carbons (Fsp3) is 0.417. The van der Waals surface area contributed by atoms with Gasteiger partial charge >= 0.3 is 0 Å². The third kappa shape index (κ3) is 4.59. The number of benzene rings is 2. The van der Waals surface area contributed by atoms with Crippen molar-refractivity contribution < 1.29 is 13.6 Å². The van der Waals surface area contributed by atoms with Crippen molar-refractivity contribution in [2.45, 2.75) is 52.1 Å². The maximum absolute atomic E-state index is 14.4. The second kappa shape index (κ2) is 8.95. The van der Waals surface area contributed by atoms with Gasteiger partial charge in [0.2, 0.25) is 0 Å². The van der Waals surface area contributed by atoms with E-state index in [1.54, 1.807) is 4.90 Å². The van der Waals surface area contributed by atoms with Crippen LogP contribution < -0.4 is 0 Å². The average Bonchev–Trinajstić information content (AvgIpc) is 3.33. The number of halogens is 3. The van der Waals surface area contributed by atoms with Crippen LogP contribution in [-0.4, -0.2) is 26.9 Å². The van der Waals surface area contributed by atoms with Crippen LogP contribution in [0.1, 0.15) is 61.8 Å². The van der Waals surface area contributed by atoms with Crippen molar-refractivity contribution in [1.82, 2.24) is 14.5 Å². The van der Waals surface area contributed by atoms with Crippen molar-refractivity contribution in [2.24, 2.45) is 5.92 Å². The second-order valence-electron chi connectivity index (χ2n) is 8.67. The zero-order valence-corrected chi connectivity index (χ0v) is 18.5. The van der Waals surface area contributed by atoms with Gasteiger partial charge in [0.1, 0.15) is 17.5 Å². The summed E-state index contributed by atoms with van der Waals surface area (Å²) >= 11 is 6.26. The van der Waals surface area contributed by atoms with Crippen LogP contribution in [0.5, 0.6) is 0 Å². The lowest BCUT2D eigenvalue weighted by atomic mass is 10.1. The Bertz CT molecular complexity index is 1110. The summed E-state index contributed by atoms with van der Waals surface area (Å²) in [6.45, 7) is 4.68. The van der Waals surface area contributed by atoms with E-state index in [0.717, 1.165) is 54.7 Å². The number of carbonyl (C=O) groups excluding carboxylic acids is 1. The van der Waals surface area contributed by atoms with E-state index in [1.807, 2.05) is 32.0 Å². The van der Waals surface area contributed by atoms with Gasteiger partial charge in [-0.3, -0.25) is 4.79 Å². The Labute approximate surface area is 185 Å². The third-order valence-electron chi connectivity index (χ3n) is 5.78. The Balaban J connectivity index is 1.74. The highest BCUT2D eigenvalue weighted by atomic mass is 35.5. The van der Waals surface area contributed by atoms with Crippen molar-refractivity contribution in [3.63, 3.8) is 0 Å². The third-order valence-corrected chi connectivity index (χ3v) is 6.02. The standard InChI is InChI=1S/C24H26ClF2N3O/c1-15(2)13-29(24(31)19-9-8-17(26)12-20(19)27)14-23-28-21-10-7-16(25)11-22(21)30(23)18-5-3-4-6-18/h7-12,15,18H,3-6,13-14H2,1-2H3. The van der Waals surface area contributed by atoms with Gasteiger partial charge < -0.3 is 9.47 Å². The lowest BCUT2D eigenvalue weighted by Gasteiger charge is -2.26. The van der Waals surface area contributed by atoms with Gasteiger partial charge in [-0.05, 0) is 49.1 Å². The monoisotopic (exact) mass is 445 g/mol. The van der Waals surface area contributed by atoms with Gasteiger partial charge in [-0.1, -0.05) is 38.3 Å². The summed E-state index contributed by atoms with van der Waals surface area (Å²) in [5.74, 6) is -1.08. The number of hydrogen-bond donors (Lipinski definition) is 0. The fourth-order valence-corrected chi connectivity index (χ4v) is 4.63. The van der Waals surface area contributed by atoms with Gasteiger partial charge in [-0.2, -0.15) is 0 Å². The van der Waals surface area contributed by atoms with Crippen LogP contribution in [0.15, 0.2) is 36.4 Å². The molecule has 1 aliphatic rings. The molecule has 1 amide bonds. The minimum atomic E-state index is -0.852. The number of rotatable bonds is 6. The first-order valence-electron chi connectivity index (χ1n) is 10.7. The van der Waals surface area contributed by atoms with Gasteiger partial charge in [0.15, 0.2) is 0 Å². The topological polar surface area (TPSA) is 38.1 Å². The Morgan fingerprint density at radius 2 is 1.94 bits per heavy atom. The van der Waals surface area contributed by atoms with E-state index in [-0.39, 0.29) is 18.0 Å². The van der Waals surface area contributed by atoms with E-state index in [2.05, 4.69) is 4.57 Å². The molecule has 4 nitrogen and oxygen atoms in total. The second-order valence-corrected chi connectivity index (χ2v) is 9.11. The molecule has 1 aliphatic carbocycles. The molecule has 1 aromatic heterocycles. The SMILES string of the molecule is CC(C)CN(Cc1nc2ccc(Cl)cc2n1C1CCCC1)C(=O)c1ccc(F)cc1F. The maximum Gasteiger partial charge on any atom is 0.257 e. The Kier molecular flexibility index (Phi) is 6.28. The van der Waals surface area contributed by atoms with Gasteiger partial charge in [-0.15, -0.1) is 0 Å². The minimum absolute atomic E-state index is 0.131. The van der Waals surface area contributed by atoms with E-state index in [0.29, 0.717) is 17.6 Å². The number of aromatic nitrogens is 2. The molecule has 4 rings (SSSR count). The number of carbonyl (C=O) groups is 1. The Morgan fingerprint density at radius 3 is 2.61 bits per heavy atom. The Hall–Kier alpha value is -2.47. The number of amides is 1. The molecule has 0 atom stereocenters. The molecule has 0 spiro atoms. The van der Waals surface area contributed by atoms with Crippen LogP contribution in [0.25, 0.3) is 11.0 Å². The fourth-order valence-electron chi connectivity index (χ4n) is 4.46. The highest BCUT2D eigenvalue weighted by Gasteiger charge is 2.27. The van der Waals surface area contributed by atoms with E-state index < -0.39 is 17.5 Å². The number of imidazole rings is 1. The summed E-state index contributed by atoms with van der Waals surface area (Å²) in [5.41, 5.74) is 1.66. The quantitative estimate of drug-likeness (QED) is 0.441. The first-order valence-corrected chi connectivity index (χ1v) is 11.1. The first kappa shape index (κ1) is 21.8. The molecule has 1 saturated carbocycles. The van der Waals surface area contributed by atoms with E-state index in [4.69, 9.17) is 16.6 Å². The van der Waals surface area contributed by atoms with Crippen LogP contribution in [0, 0.1) is 17.6 Å². The molecular weight excluding hydrogens is 420 g/mol. The van der Waals surface area contributed by atoms with Crippen molar-refractivity contribution >= 4 is 28.5 Å². The minimum Gasteiger partial charge on any atom is -0.331 e. The van der Waals surface area contributed by atoms with E-state index in [1.165, 1.54) is 6.07 Å². The van der Waals surface area contributed by atoms with Crippen molar-refractivity contribution in [1.29, 1.82) is 0 Å². The molecule has 0 bridgehead atoms. The number of fused-ring (bicyclic) bond motifs is 1. The van der Waals surface area contributed by atoms with Crippen LogP contribution in [0.3, 0.4) is 0 Å². The van der Waals surface area contributed by atoms with Gasteiger partial charge in [0, 0.05) is 23.7 Å². The van der Waals surface area contributed by atoms with Crippen LogP contribution in [0.4, 0.5) is 8.78 Å².